The van der Waals surface area contributed by atoms with E-state index in [0.717, 1.165) is 6.07 Å². The normalized spacial score (nSPS) is 20.6. The minimum absolute atomic E-state index is 0.0802. The third-order valence-electron chi connectivity index (χ3n) is 2.57. The van der Waals surface area contributed by atoms with E-state index in [-0.39, 0.29) is 12.2 Å². The van der Waals surface area contributed by atoms with Gasteiger partial charge in [-0.25, -0.2) is 4.79 Å². The first-order valence-corrected chi connectivity index (χ1v) is 5.08. The Balaban J connectivity index is 2.34. The Hall–Kier alpha value is -1.72. The van der Waals surface area contributed by atoms with Crippen molar-refractivity contribution in [2.45, 2.75) is 18.6 Å². The van der Waals surface area contributed by atoms with Gasteiger partial charge in [0, 0.05) is 6.42 Å². The van der Waals surface area contributed by atoms with Crippen LogP contribution in [0.4, 0.5) is 18.0 Å². The second-order valence-electron chi connectivity index (χ2n) is 3.71. The first-order valence-electron chi connectivity index (χ1n) is 5.08. The number of rotatable bonds is 1. The lowest BCUT2D eigenvalue weighted by molar-refractivity contribution is -0.138. The molecule has 1 aromatic rings. The summed E-state index contributed by atoms with van der Waals surface area (Å²) in [7, 11) is 0. The van der Waals surface area contributed by atoms with E-state index in [4.69, 9.17) is 0 Å². The fourth-order valence-electron chi connectivity index (χ4n) is 1.82. The van der Waals surface area contributed by atoms with Gasteiger partial charge in [0.25, 0.3) is 0 Å². The maximum atomic E-state index is 12.8. The van der Waals surface area contributed by atoms with E-state index in [1.165, 1.54) is 18.2 Å². The van der Waals surface area contributed by atoms with Crippen LogP contribution in [-0.2, 0) is 10.9 Å². The van der Waals surface area contributed by atoms with Crippen LogP contribution in [0.2, 0.25) is 0 Å². The molecule has 0 aliphatic carbocycles. The van der Waals surface area contributed by atoms with Gasteiger partial charge in [-0.2, -0.15) is 13.2 Å². The molecule has 0 radical (unpaired) electrons. The van der Waals surface area contributed by atoms with Gasteiger partial charge < -0.3 is 10.1 Å². The van der Waals surface area contributed by atoms with Crippen molar-refractivity contribution >= 4 is 6.09 Å². The second-order valence-corrected chi connectivity index (χ2v) is 3.71. The average molecular weight is 245 g/mol. The summed E-state index contributed by atoms with van der Waals surface area (Å²) in [4.78, 5) is 11.0. The molecule has 1 fully saturated rings. The Morgan fingerprint density at radius 1 is 1.29 bits per heavy atom. The summed E-state index contributed by atoms with van der Waals surface area (Å²) in [6.07, 6.45) is -4.77. The van der Waals surface area contributed by atoms with Gasteiger partial charge in [0.15, 0.2) is 0 Å². The lowest BCUT2D eigenvalue weighted by Gasteiger charge is -2.26. The molecule has 1 aromatic carbocycles. The highest BCUT2D eigenvalue weighted by atomic mass is 19.4. The predicted octanol–water partition coefficient (Wildman–Crippen LogP) is 2.88. The molecule has 2 rings (SSSR count). The summed E-state index contributed by atoms with van der Waals surface area (Å²) < 4.78 is 42.9. The molecule has 1 amide bonds. The SMILES string of the molecule is O=C1N[C@@H](c2ccccc2C(F)(F)F)CCO1. The lowest BCUT2D eigenvalue weighted by atomic mass is 9.97. The van der Waals surface area contributed by atoms with Crippen LogP contribution in [0.15, 0.2) is 24.3 Å². The number of nitrogens with one attached hydrogen (secondary N) is 1. The molecule has 1 atom stereocenters. The Labute approximate surface area is 95.6 Å². The smallest absolute Gasteiger partial charge is 0.416 e. The van der Waals surface area contributed by atoms with Gasteiger partial charge in [-0.1, -0.05) is 18.2 Å². The lowest BCUT2D eigenvalue weighted by Crippen LogP contribution is -2.36. The molecule has 0 aromatic heterocycles. The number of hydrogen-bond donors (Lipinski definition) is 1. The number of halogens is 3. The molecule has 0 spiro atoms. The molecule has 0 saturated carbocycles. The minimum atomic E-state index is -4.42. The average Bonchev–Trinajstić information content (AvgIpc) is 2.28. The Morgan fingerprint density at radius 2 is 2.00 bits per heavy atom. The summed E-state index contributed by atoms with van der Waals surface area (Å²) in [6, 6.07) is 4.59. The summed E-state index contributed by atoms with van der Waals surface area (Å²) in [5.41, 5.74) is -0.635. The van der Waals surface area contributed by atoms with Crippen LogP contribution in [0.3, 0.4) is 0 Å². The molecule has 0 bridgehead atoms. The zero-order valence-electron chi connectivity index (χ0n) is 8.75. The quantitative estimate of drug-likeness (QED) is 0.826. The van der Waals surface area contributed by atoms with Gasteiger partial charge in [-0.05, 0) is 11.6 Å². The number of ether oxygens (including phenoxy) is 1. The fraction of sp³-hybridized carbons (Fsp3) is 0.364. The van der Waals surface area contributed by atoms with Gasteiger partial charge in [0.05, 0.1) is 18.2 Å². The van der Waals surface area contributed by atoms with Gasteiger partial charge >= 0.3 is 12.3 Å². The zero-order chi connectivity index (χ0) is 12.5. The molecule has 6 heteroatoms. The fourth-order valence-corrected chi connectivity index (χ4v) is 1.82. The van der Waals surface area contributed by atoms with E-state index in [1.807, 2.05) is 0 Å². The topological polar surface area (TPSA) is 38.3 Å². The number of alkyl halides is 3. The van der Waals surface area contributed by atoms with Crippen molar-refractivity contribution in [3.8, 4) is 0 Å². The molecule has 1 aliphatic heterocycles. The Morgan fingerprint density at radius 3 is 2.65 bits per heavy atom. The van der Waals surface area contributed by atoms with E-state index in [2.05, 4.69) is 10.1 Å². The van der Waals surface area contributed by atoms with Crippen LogP contribution in [0, 0.1) is 0 Å². The van der Waals surface area contributed by atoms with Crippen LogP contribution >= 0.6 is 0 Å². The molecule has 1 aliphatic rings. The molecule has 1 N–H and O–H groups in total. The Kier molecular flexibility index (Phi) is 2.95. The highest BCUT2D eigenvalue weighted by Crippen LogP contribution is 2.35. The zero-order valence-corrected chi connectivity index (χ0v) is 8.75. The summed E-state index contributed by atoms with van der Waals surface area (Å²) in [5.74, 6) is 0. The molecule has 1 saturated heterocycles. The Bertz CT molecular complexity index is 431. The number of carbonyl (C=O) groups is 1. The maximum absolute atomic E-state index is 12.8. The van der Waals surface area contributed by atoms with Crippen LogP contribution in [-0.4, -0.2) is 12.7 Å². The van der Waals surface area contributed by atoms with Gasteiger partial charge in [-0.3, -0.25) is 0 Å². The van der Waals surface area contributed by atoms with Crippen molar-refractivity contribution in [2.24, 2.45) is 0 Å². The molecule has 92 valence electrons. The van der Waals surface area contributed by atoms with E-state index in [1.54, 1.807) is 0 Å². The number of carbonyl (C=O) groups excluding carboxylic acids is 1. The van der Waals surface area contributed by atoms with E-state index in [9.17, 15) is 18.0 Å². The molecular formula is C11H10F3NO2. The van der Waals surface area contributed by atoms with Crippen LogP contribution < -0.4 is 5.32 Å². The molecule has 3 nitrogen and oxygen atoms in total. The standard InChI is InChI=1S/C11H10F3NO2/c12-11(13,14)8-4-2-1-3-7(8)9-5-6-17-10(16)15-9/h1-4,9H,5-6H2,(H,15,16)/t9-/m1/s1. The molecular weight excluding hydrogens is 235 g/mol. The number of alkyl carbamates (subject to hydrolysis) is 1. The number of amides is 1. The highest BCUT2D eigenvalue weighted by Gasteiger charge is 2.36. The molecule has 1 heterocycles. The number of benzene rings is 1. The summed E-state index contributed by atoms with van der Waals surface area (Å²) in [5, 5.41) is 2.38. The van der Waals surface area contributed by atoms with Crippen molar-refractivity contribution in [2.75, 3.05) is 6.61 Å². The van der Waals surface area contributed by atoms with Crippen molar-refractivity contribution in [3.05, 3.63) is 35.4 Å². The third-order valence-corrected chi connectivity index (χ3v) is 2.57. The largest absolute Gasteiger partial charge is 0.449 e. The second kappa shape index (κ2) is 4.27. The predicted molar refractivity (Wildman–Crippen MR) is 53.3 cm³/mol. The third kappa shape index (κ3) is 2.51. The van der Waals surface area contributed by atoms with Crippen molar-refractivity contribution in [3.63, 3.8) is 0 Å². The van der Waals surface area contributed by atoms with Crippen LogP contribution in [0.5, 0.6) is 0 Å². The first kappa shape index (κ1) is 11.8. The van der Waals surface area contributed by atoms with Gasteiger partial charge in [0.2, 0.25) is 0 Å². The summed E-state index contributed by atoms with van der Waals surface area (Å²) >= 11 is 0. The van der Waals surface area contributed by atoms with Crippen molar-refractivity contribution in [1.29, 1.82) is 0 Å². The monoisotopic (exact) mass is 245 g/mol. The summed E-state index contributed by atoms with van der Waals surface area (Å²) in [6.45, 7) is 0.128. The van der Waals surface area contributed by atoms with Gasteiger partial charge in [0.1, 0.15) is 0 Å². The van der Waals surface area contributed by atoms with E-state index < -0.39 is 23.9 Å². The van der Waals surface area contributed by atoms with E-state index in [0.29, 0.717) is 6.42 Å². The minimum Gasteiger partial charge on any atom is -0.449 e. The number of cyclic esters (lactones) is 1. The first-order chi connectivity index (χ1) is 7.98. The van der Waals surface area contributed by atoms with Crippen molar-refractivity contribution < 1.29 is 22.7 Å². The van der Waals surface area contributed by atoms with Crippen LogP contribution in [0.1, 0.15) is 23.6 Å². The van der Waals surface area contributed by atoms with Crippen LogP contribution in [0.25, 0.3) is 0 Å². The molecule has 0 unspecified atom stereocenters. The maximum Gasteiger partial charge on any atom is 0.416 e. The van der Waals surface area contributed by atoms with E-state index >= 15 is 0 Å². The van der Waals surface area contributed by atoms with Gasteiger partial charge in [-0.15, -0.1) is 0 Å². The van der Waals surface area contributed by atoms with Crippen molar-refractivity contribution in [1.82, 2.24) is 5.32 Å². The highest BCUT2D eigenvalue weighted by molar-refractivity contribution is 5.68. The number of hydrogen-bond acceptors (Lipinski definition) is 2. The molecule has 17 heavy (non-hydrogen) atoms.